The fraction of sp³-hybridized carbons (Fsp3) is 0.400. The highest BCUT2D eigenvalue weighted by Gasteiger charge is 2.32. The minimum Gasteiger partial charge on any atom is -0.310 e. The summed E-state index contributed by atoms with van der Waals surface area (Å²) in [6.45, 7) is 5.83. The number of rotatable bonds is 7. The van der Waals surface area contributed by atoms with E-state index in [0.717, 1.165) is 12.8 Å². The number of nitrogens with one attached hydrogen (secondary N) is 1. The lowest BCUT2D eigenvalue weighted by Gasteiger charge is -2.15. The quantitative estimate of drug-likeness (QED) is 0.583. The fourth-order valence-corrected chi connectivity index (χ4v) is 4.03. The number of anilines is 1. The molecule has 152 valence electrons. The van der Waals surface area contributed by atoms with Gasteiger partial charge in [0.1, 0.15) is 11.6 Å². The minimum atomic E-state index is -0.402. The van der Waals surface area contributed by atoms with E-state index in [1.165, 1.54) is 17.8 Å². The number of carbonyl (C=O) groups is 1. The average molecular weight is 415 g/mol. The van der Waals surface area contributed by atoms with Gasteiger partial charge in [0.2, 0.25) is 5.91 Å². The van der Waals surface area contributed by atoms with E-state index in [1.54, 1.807) is 35.1 Å². The van der Waals surface area contributed by atoms with Gasteiger partial charge in [0.15, 0.2) is 11.0 Å². The summed E-state index contributed by atoms with van der Waals surface area (Å²) in [5.41, 5.74) is 0.427. The van der Waals surface area contributed by atoms with Crippen LogP contribution in [-0.4, -0.2) is 35.7 Å². The minimum absolute atomic E-state index is 0.143. The average Bonchev–Trinajstić information content (AvgIpc) is 3.27. The van der Waals surface area contributed by atoms with Gasteiger partial charge >= 0.3 is 0 Å². The number of thioether (sulfide) groups is 1. The maximum atomic E-state index is 14.3. The van der Waals surface area contributed by atoms with Crippen LogP contribution in [0.5, 0.6) is 0 Å². The third kappa shape index (κ3) is 4.05. The lowest BCUT2D eigenvalue weighted by atomic mass is 10.2. The Morgan fingerprint density at radius 1 is 1.21 bits per heavy atom. The summed E-state index contributed by atoms with van der Waals surface area (Å²) in [7, 11) is 0. The second kappa shape index (κ2) is 7.98. The summed E-state index contributed by atoms with van der Waals surface area (Å²) in [5.74, 6) is 0.702. The third-order valence-electron chi connectivity index (χ3n) is 4.75. The molecule has 2 aromatic heterocycles. The van der Waals surface area contributed by atoms with Crippen molar-refractivity contribution in [1.82, 2.24) is 24.5 Å². The summed E-state index contributed by atoms with van der Waals surface area (Å²) in [6, 6.07) is 8.73. The van der Waals surface area contributed by atoms with Crippen LogP contribution in [0.1, 0.15) is 45.7 Å². The number of amides is 1. The standard InChI is InChI=1S/C20H23FN6OS/c1-12(2)27-17(10-11-22-27)23-19(28)13(3)29-20-25-24-18(26(20)14-8-9-14)15-6-4-5-7-16(15)21/h4-7,10-14H,8-9H2,1-3H3,(H,23,28)/t13-/m0/s1. The second-order valence-corrected chi connectivity index (χ2v) is 8.70. The molecule has 4 rings (SSSR count). The normalized spacial score (nSPS) is 14.9. The van der Waals surface area contributed by atoms with Crippen LogP contribution < -0.4 is 5.32 Å². The molecule has 1 amide bonds. The number of aromatic nitrogens is 5. The zero-order valence-electron chi connectivity index (χ0n) is 16.5. The molecular formula is C20H23FN6OS. The van der Waals surface area contributed by atoms with Crippen LogP contribution in [0.4, 0.5) is 10.2 Å². The summed E-state index contributed by atoms with van der Waals surface area (Å²) in [5, 5.41) is 15.9. The fourth-order valence-electron chi connectivity index (χ4n) is 3.11. The Bertz CT molecular complexity index is 1030. The highest BCUT2D eigenvalue weighted by Crippen LogP contribution is 2.42. The maximum Gasteiger partial charge on any atom is 0.238 e. The molecule has 1 N–H and O–H groups in total. The first-order valence-corrected chi connectivity index (χ1v) is 10.5. The molecule has 0 radical (unpaired) electrons. The van der Waals surface area contributed by atoms with E-state index in [9.17, 15) is 9.18 Å². The van der Waals surface area contributed by atoms with Crippen molar-refractivity contribution in [3.05, 3.63) is 42.3 Å². The molecule has 1 aliphatic rings. The topological polar surface area (TPSA) is 77.6 Å². The molecular weight excluding hydrogens is 391 g/mol. The molecule has 9 heteroatoms. The molecule has 1 aromatic carbocycles. The van der Waals surface area contributed by atoms with Gasteiger partial charge in [0.05, 0.1) is 17.0 Å². The van der Waals surface area contributed by atoms with Crippen molar-refractivity contribution in [1.29, 1.82) is 0 Å². The molecule has 1 saturated carbocycles. The van der Waals surface area contributed by atoms with E-state index in [4.69, 9.17) is 0 Å². The van der Waals surface area contributed by atoms with Crippen molar-refractivity contribution in [2.75, 3.05) is 5.32 Å². The number of nitrogens with zero attached hydrogens (tertiary/aromatic N) is 5. The smallest absolute Gasteiger partial charge is 0.238 e. The maximum absolute atomic E-state index is 14.3. The predicted molar refractivity (Wildman–Crippen MR) is 110 cm³/mol. The van der Waals surface area contributed by atoms with Gasteiger partial charge < -0.3 is 5.32 Å². The summed E-state index contributed by atoms with van der Waals surface area (Å²) >= 11 is 1.33. The number of hydrogen-bond donors (Lipinski definition) is 1. The monoisotopic (exact) mass is 414 g/mol. The molecule has 0 bridgehead atoms. The van der Waals surface area contributed by atoms with Crippen LogP contribution in [0.15, 0.2) is 41.7 Å². The van der Waals surface area contributed by atoms with E-state index in [1.807, 2.05) is 25.3 Å². The molecule has 3 aromatic rings. The molecule has 0 unspecified atom stereocenters. The largest absolute Gasteiger partial charge is 0.310 e. The zero-order valence-corrected chi connectivity index (χ0v) is 17.4. The van der Waals surface area contributed by atoms with Gasteiger partial charge in [-0.15, -0.1) is 10.2 Å². The van der Waals surface area contributed by atoms with Gasteiger partial charge in [-0.3, -0.25) is 9.36 Å². The molecule has 1 aliphatic carbocycles. The summed E-state index contributed by atoms with van der Waals surface area (Å²) < 4.78 is 18.0. The Kier molecular flexibility index (Phi) is 5.40. The number of hydrogen-bond acceptors (Lipinski definition) is 5. The Labute approximate surface area is 172 Å². The lowest BCUT2D eigenvalue weighted by Crippen LogP contribution is -2.25. The van der Waals surface area contributed by atoms with Crippen molar-refractivity contribution in [2.45, 2.75) is 56.1 Å². The lowest BCUT2D eigenvalue weighted by molar-refractivity contribution is -0.115. The molecule has 1 fully saturated rings. The van der Waals surface area contributed by atoms with Gasteiger partial charge in [0.25, 0.3) is 0 Å². The summed E-state index contributed by atoms with van der Waals surface area (Å²) in [6.07, 6.45) is 3.67. The van der Waals surface area contributed by atoms with Crippen molar-refractivity contribution in [3.8, 4) is 11.4 Å². The molecule has 29 heavy (non-hydrogen) atoms. The highest BCUT2D eigenvalue weighted by atomic mass is 32.2. The highest BCUT2D eigenvalue weighted by molar-refractivity contribution is 8.00. The SMILES string of the molecule is CC(C)n1nccc1NC(=O)[C@H](C)Sc1nnc(-c2ccccc2F)n1C1CC1. The van der Waals surface area contributed by atoms with Crippen molar-refractivity contribution in [2.24, 2.45) is 0 Å². The molecule has 2 heterocycles. The van der Waals surface area contributed by atoms with Crippen LogP contribution in [-0.2, 0) is 4.79 Å². The first-order valence-electron chi connectivity index (χ1n) is 9.66. The van der Waals surface area contributed by atoms with Crippen molar-refractivity contribution in [3.63, 3.8) is 0 Å². The molecule has 0 aliphatic heterocycles. The Hall–Kier alpha value is -2.68. The van der Waals surface area contributed by atoms with Crippen molar-refractivity contribution < 1.29 is 9.18 Å². The van der Waals surface area contributed by atoms with Crippen LogP contribution in [0.2, 0.25) is 0 Å². The number of benzene rings is 1. The van der Waals surface area contributed by atoms with Gasteiger partial charge in [-0.1, -0.05) is 23.9 Å². The summed E-state index contributed by atoms with van der Waals surface area (Å²) in [4.78, 5) is 12.7. The van der Waals surface area contributed by atoms with E-state index in [0.29, 0.717) is 22.4 Å². The van der Waals surface area contributed by atoms with Gasteiger partial charge in [0, 0.05) is 18.2 Å². The number of halogens is 1. The van der Waals surface area contributed by atoms with Crippen LogP contribution in [0, 0.1) is 5.82 Å². The Morgan fingerprint density at radius 3 is 2.66 bits per heavy atom. The van der Waals surface area contributed by atoms with Crippen LogP contribution in [0.25, 0.3) is 11.4 Å². The number of carbonyl (C=O) groups excluding carboxylic acids is 1. The molecule has 0 saturated heterocycles. The second-order valence-electron chi connectivity index (χ2n) is 7.39. The Morgan fingerprint density at radius 2 is 1.97 bits per heavy atom. The molecule has 0 spiro atoms. The Balaban J connectivity index is 1.54. The predicted octanol–water partition coefficient (Wildman–Crippen LogP) is 4.32. The van der Waals surface area contributed by atoms with Crippen LogP contribution >= 0.6 is 11.8 Å². The van der Waals surface area contributed by atoms with E-state index in [-0.39, 0.29) is 23.8 Å². The van der Waals surface area contributed by atoms with Gasteiger partial charge in [-0.25, -0.2) is 9.07 Å². The van der Waals surface area contributed by atoms with Gasteiger partial charge in [-0.05, 0) is 45.7 Å². The molecule has 7 nitrogen and oxygen atoms in total. The van der Waals surface area contributed by atoms with Crippen LogP contribution in [0.3, 0.4) is 0 Å². The zero-order chi connectivity index (χ0) is 20.5. The van der Waals surface area contributed by atoms with Crippen molar-refractivity contribution >= 4 is 23.5 Å². The third-order valence-corrected chi connectivity index (χ3v) is 5.81. The van der Waals surface area contributed by atoms with E-state index < -0.39 is 5.25 Å². The first kappa shape index (κ1) is 19.6. The van der Waals surface area contributed by atoms with E-state index in [2.05, 4.69) is 20.6 Å². The molecule has 1 atom stereocenters. The van der Waals surface area contributed by atoms with Gasteiger partial charge in [-0.2, -0.15) is 5.10 Å². The first-order chi connectivity index (χ1) is 14.0. The van der Waals surface area contributed by atoms with E-state index >= 15 is 0 Å².